The van der Waals surface area contributed by atoms with Crippen LogP contribution >= 0.6 is 32.7 Å². The van der Waals surface area contributed by atoms with Crippen LogP contribution in [0.2, 0.25) is 0 Å². The van der Waals surface area contributed by atoms with Gasteiger partial charge >= 0.3 is 0 Å². The molecular formula is C19H27Cl2N2OP. The van der Waals surface area contributed by atoms with E-state index in [4.69, 9.17) is 0 Å². The highest BCUT2D eigenvalue weighted by Crippen LogP contribution is 2.38. The molecule has 1 unspecified atom stereocenters. The fourth-order valence-corrected chi connectivity index (χ4v) is 5.87. The molecule has 1 aliphatic heterocycles. The number of nitrogens with one attached hydrogen (secondary N) is 1. The van der Waals surface area contributed by atoms with Gasteiger partial charge in [-0.2, -0.15) is 0 Å². The summed E-state index contributed by atoms with van der Waals surface area (Å²) in [5.74, 6) is 0.375. The van der Waals surface area contributed by atoms with Crippen LogP contribution < -0.4 is 15.9 Å². The van der Waals surface area contributed by atoms with Gasteiger partial charge in [0.15, 0.2) is 0 Å². The molecule has 138 valence electrons. The second kappa shape index (κ2) is 11.1. The van der Waals surface area contributed by atoms with Gasteiger partial charge in [0.2, 0.25) is 0 Å². The molecular weight excluding hydrogens is 374 g/mol. The lowest BCUT2D eigenvalue weighted by molar-refractivity contribution is 0.176. The Kier molecular flexibility index (Phi) is 9.96. The van der Waals surface area contributed by atoms with Gasteiger partial charge < -0.3 is 10.4 Å². The number of likely N-dealkylation sites (tertiary alicyclic amines) is 1. The molecule has 1 saturated heterocycles. The van der Waals surface area contributed by atoms with Gasteiger partial charge in [-0.3, -0.25) is 4.90 Å². The fraction of sp³-hybridized carbons (Fsp3) is 0.368. The lowest BCUT2D eigenvalue weighted by Gasteiger charge is -2.31. The number of halogens is 2. The highest BCUT2D eigenvalue weighted by atomic mass is 35.5. The standard InChI is InChI=1S/C19H25N2OP.2ClH/c1-20-19(15-21-13-12-16(22)14-21)23(17-8-4-2-5-9-17)18-10-6-3-7-11-18;;/h2-11,16,19-20,22H,12-15H2,1H3;2*1H/t16-,19?;;/m0../s1. The Morgan fingerprint density at radius 2 is 1.56 bits per heavy atom. The van der Waals surface area contributed by atoms with Crippen molar-refractivity contribution in [1.82, 2.24) is 10.2 Å². The van der Waals surface area contributed by atoms with Crippen molar-refractivity contribution < 1.29 is 5.11 Å². The van der Waals surface area contributed by atoms with Crippen molar-refractivity contribution in [3.63, 3.8) is 0 Å². The van der Waals surface area contributed by atoms with Gasteiger partial charge in [0.25, 0.3) is 0 Å². The number of aliphatic hydroxyl groups excluding tert-OH is 1. The van der Waals surface area contributed by atoms with E-state index < -0.39 is 7.92 Å². The zero-order valence-corrected chi connectivity index (χ0v) is 16.9. The van der Waals surface area contributed by atoms with Gasteiger partial charge in [-0.25, -0.2) is 0 Å². The third kappa shape index (κ3) is 5.92. The highest BCUT2D eigenvalue weighted by Gasteiger charge is 2.28. The lowest BCUT2D eigenvalue weighted by Crippen LogP contribution is -2.41. The highest BCUT2D eigenvalue weighted by molar-refractivity contribution is 7.73. The van der Waals surface area contributed by atoms with E-state index >= 15 is 0 Å². The fourth-order valence-electron chi connectivity index (χ4n) is 3.21. The molecule has 1 heterocycles. The molecule has 0 radical (unpaired) electrons. The van der Waals surface area contributed by atoms with Gasteiger partial charge in [0, 0.05) is 25.4 Å². The first-order valence-corrected chi connectivity index (χ1v) is 9.66. The summed E-state index contributed by atoms with van der Waals surface area (Å²) in [4.78, 5) is 2.38. The molecule has 3 rings (SSSR count). The minimum Gasteiger partial charge on any atom is -0.392 e. The Labute approximate surface area is 164 Å². The number of nitrogens with zero attached hydrogens (tertiary/aromatic N) is 1. The maximum Gasteiger partial charge on any atom is 0.0679 e. The van der Waals surface area contributed by atoms with Gasteiger partial charge in [0.1, 0.15) is 0 Å². The summed E-state index contributed by atoms with van der Waals surface area (Å²) in [6.07, 6.45) is 0.734. The van der Waals surface area contributed by atoms with Crippen molar-refractivity contribution in [3.8, 4) is 0 Å². The maximum absolute atomic E-state index is 9.80. The third-order valence-corrected chi connectivity index (χ3v) is 7.15. The second-order valence-electron chi connectivity index (χ2n) is 6.05. The van der Waals surface area contributed by atoms with Crippen LogP contribution in [-0.2, 0) is 0 Å². The SMILES string of the molecule is CNC(CN1CC[C@H](O)C1)P(c1ccccc1)c1ccccc1.Cl.Cl. The van der Waals surface area contributed by atoms with Gasteiger partial charge in [-0.05, 0) is 32.0 Å². The van der Waals surface area contributed by atoms with Crippen molar-refractivity contribution >= 4 is 43.3 Å². The molecule has 0 aromatic heterocycles. The van der Waals surface area contributed by atoms with E-state index in [9.17, 15) is 5.11 Å². The van der Waals surface area contributed by atoms with E-state index in [-0.39, 0.29) is 30.9 Å². The molecule has 6 heteroatoms. The normalized spacial score (nSPS) is 18.4. The Balaban J connectivity index is 0.00000156. The third-order valence-electron chi connectivity index (χ3n) is 4.39. The predicted octanol–water partition coefficient (Wildman–Crippen LogP) is 2.58. The Hall–Kier alpha value is -0.670. The zero-order chi connectivity index (χ0) is 16.1. The second-order valence-corrected chi connectivity index (χ2v) is 8.44. The van der Waals surface area contributed by atoms with E-state index in [1.807, 2.05) is 0 Å². The molecule has 25 heavy (non-hydrogen) atoms. The van der Waals surface area contributed by atoms with E-state index in [1.165, 1.54) is 10.6 Å². The summed E-state index contributed by atoms with van der Waals surface area (Å²) in [6, 6.07) is 21.6. The summed E-state index contributed by atoms with van der Waals surface area (Å²) in [7, 11) is 1.57. The molecule has 0 aliphatic carbocycles. The van der Waals surface area contributed by atoms with Crippen molar-refractivity contribution in [3.05, 3.63) is 60.7 Å². The van der Waals surface area contributed by atoms with Crippen LogP contribution in [-0.4, -0.2) is 48.6 Å². The zero-order valence-electron chi connectivity index (χ0n) is 14.4. The number of aliphatic hydroxyl groups is 1. The summed E-state index contributed by atoms with van der Waals surface area (Å²) in [6.45, 7) is 2.76. The minimum atomic E-state index is -0.479. The number of β-amino-alcohol motifs (C(OH)–C–C–N with tert-alkyl or cyclic N) is 1. The Bertz CT molecular complexity index is 563. The molecule has 1 fully saturated rings. The number of likely N-dealkylation sites (N-methyl/N-ethyl adjacent to an activating group) is 1. The molecule has 0 spiro atoms. The van der Waals surface area contributed by atoms with Crippen molar-refractivity contribution in [1.29, 1.82) is 0 Å². The van der Waals surface area contributed by atoms with Gasteiger partial charge in [-0.15, -0.1) is 24.8 Å². The molecule has 0 bridgehead atoms. The van der Waals surface area contributed by atoms with E-state index in [0.717, 1.165) is 26.1 Å². The molecule has 1 aliphatic rings. The van der Waals surface area contributed by atoms with Crippen molar-refractivity contribution in [2.24, 2.45) is 0 Å². The summed E-state index contributed by atoms with van der Waals surface area (Å²) >= 11 is 0. The van der Waals surface area contributed by atoms with Crippen molar-refractivity contribution in [2.45, 2.75) is 18.3 Å². The Morgan fingerprint density at radius 1 is 1.04 bits per heavy atom. The molecule has 2 aromatic carbocycles. The number of hydrogen-bond donors (Lipinski definition) is 2. The first-order valence-electron chi connectivity index (χ1n) is 8.25. The summed E-state index contributed by atoms with van der Waals surface area (Å²) in [5.41, 5.74) is 0. The summed E-state index contributed by atoms with van der Waals surface area (Å²) < 4.78 is 0. The predicted molar refractivity (Wildman–Crippen MR) is 113 cm³/mol. The largest absolute Gasteiger partial charge is 0.392 e. The smallest absolute Gasteiger partial charge is 0.0679 e. The Morgan fingerprint density at radius 3 is 1.96 bits per heavy atom. The van der Waals surface area contributed by atoms with Gasteiger partial charge in [0.05, 0.1) is 6.10 Å². The minimum absolute atomic E-state index is 0. The topological polar surface area (TPSA) is 35.5 Å². The first-order chi connectivity index (χ1) is 11.3. The quantitative estimate of drug-likeness (QED) is 0.731. The van der Waals surface area contributed by atoms with E-state index in [0.29, 0.717) is 5.78 Å². The number of benzene rings is 2. The van der Waals surface area contributed by atoms with Crippen LogP contribution in [0.15, 0.2) is 60.7 Å². The molecule has 2 atom stereocenters. The van der Waals surface area contributed by atoms with Crippen LogP contribution in [0, 0.1) is 0 Å². The maximum atomic E-state index is 9.80. The van der Waals surface area contributed by atoms with Crippen molar-refractivity contribution in [2.75, 3.05) is 26.7 Å². The first kappa shape index (κ1) is 22.4. The lowest BCUT2D eigenvalue weighted by atomic mass is 10.3. The summed E-state index contributed by atoms with van der Waals surface area (Å²) in [5, 5.41) is 16.1. The van der Waals surface area contributed by atoms with Crippen LogP contribution in [0.1, 0.15) is 6.42 Å². The van der Waals surface area contributed by atoms with Crippen LogP contribution in [0.5, 0.6) is 0 Å². The number of rotatable bonds is 6. The van der Waals surface area contributed by atoms with Crippen LogP contribution in [0.3, 0.4) is 0 Å². The van der Waals surface area contributed by atoms with E-state index in [2.05, 4.69) is 77.9 Å². The average Bonchev–Trinajstić information content (AvgIpc) is 3.01. The molecule has 2 aromatic rings. The molecule has 2 N–H and O–H groups in total. The molecule has 0 saturated carbocycles. The molecule has 0 amide bonds. The molecule has 3 nitrogen and oxygen atoms in total. The van der Waals surface area contributed by atoms with E-state index in [1.54, 1.807) is 0 Å². The monoisotopic (exact) mass is 400 g/mol. The van der Waals surface area contributed by atoms with Gasteiger partial charge in [-0.1, -0.05) is 60.7 Å². The number of hydrogen-bond acceptors (Lipinski definition) is 3. The van der Waals surface area contributed by atoms with Crippen LogP contribution in [0.25, 0.3) is 0 Å². The van der Waals surface area contributed by atoms with Crippen LogP contribution in [0.4, 0.5) is 0 Å². The average molecular weight is 401 g/mol.